The third-order valence-electron chi connectivity index (χ3n) is 3.44. The van der Waals surface area contributed by atoms with Crippen LogP contribution >= 0.6 is 0 Å². The van der Waals surface area contributed by atoms with Crippen molar-refractivity contribution in [2.45, 2.75) is 39.7 Å². The molecule has 0 aliphatic rings. The van der Waals surface area contributed by atoms with E-state index >= 15 is 0 Å². The molecule has 0 spiro atoms. The highest BCUT2D eigenvalue weighted by molar-refractivity contribution is 5.31. The summed E-state index contributed by atoms with van der Waals surface area (Å²) in [4.78, 5) is 1.51. The van der Waals surface area contributed by atoms with Crippen LogP contribution in [0.2, 0.25) is 0 Å². The van der Waals surface area contributed by atoms with Crippen LogP contribution in [0.25, 0.3) is 0 Å². The second-order valence-corrected chi connectivity index (χ2v) is 5.29. The molecule has 0 bridgehead atoms. The molecule has 0 saturated heterocycles. The number of rotatable bonds is 6. The Hall–Kier alpha value is -1.75. The molecule has 0 aliphatic carbocycles. The quantitative estimate of drug-likeness (QED) is 0.868. The van der Waals surface area contributed by atoms with Crippen LogP contribution in [0.3, 0.4) is 0 Å². The van der Waals surface area contributed by atoms with E-state index in [1.165, 1.54) is 21.5 Å². The molecule has 0 saturated carbocycles. The molecule has 5 nitrogen and oxygen atoms in total. The molecule has 2 rings (SSSR count). The normalized spacial score (nSPS) is 12.6. The Morgan fingerprint density at radius 3 is 2.70 bits per heavy atom. The van der Waals surface area contributed by atoms with Gasteiger partial charge in [-0.3, -0.25) is 0 Å². The van der Waals surface area contributed by atoms with E-state index in [2.05, 4.69) is 59.7 Å². The van der Waals surface area contributed by atoms with Crippen molar-refractivity contribution >= 4 is 0 Å². The van der Waals surface area contributed by atoms with Gasteiger partial charge in [0.1, 0.15) is 0 Å². The van der Waals surface area contributed by atoms with E-state index in [4.69, 9.17) is 0 Å². The van der Waals surface area contributed by atoms with E-state index in [0.717, 1.165) is 25.2 Å². The zero-order valence-corrected chi connectivity index (χ0v) is 12.7. The number of benzene rings is 1. The summed E-state index contributed by atoms with van der Waals surface area (Å²) in [6, 6.07) is 6.95. The predicted octanol–water partition coefficient (Wildman–Crippen LogP) is 1.59. The fourth-order valence-corrected chi connectivity index (χ4v) is 2.42. The van der Waals surface area contributed by atoms with Crippen LogP contribution < -0.4 is 5.32 Å². The van der Waals surface area contributed by atoms with Crippen molar-refractivity contribution in [3.63, 3.8) is 0 Å². The summed E-state index contributed by atoms with van der Waals surface area (Å²) in [7, 11) is 1.80. The maximum absolute atomic E-state index is 4.27. The van der Waals surface area contributed by atoms with Crippen LogP contribution in [0.1, 0.15) is 29.4 Å². The summed E-state index contributed by atoms with van der Waals surface area (Å²) >= 11 is 0. The SMILES string of the molecule is CCNC(Cc1nnn(C)n1)Cc1cc(C)ccc1C. The maximum Gasteiger partial charge on any atom is 0.176 e. The molecule has 1 aromatic heterocycles. The second kappa shape index (κ2) is 6.61. The van der Waals surface area contributed by atoms with Gasteiger partial charge in [-0.1, -0.05) is 30.7 Å². The lowest BCUT2D eigenvalue weighted by molar-refractivity contribution is 0.508. The minimum atomic E-state index is 0.338. The van der Waals surface area contributed by atoms with Crippen LogP contribution in [-0.4, -0.2) is 32.8 Å². The standard InChI is InChI=1S/C15H23N5/c1-5-16-14(10-15-17-19-20(4)18-15)9-13-8-11(2)6-7-12(13)3/h6-8,14,16H,5,9-10H2,1-4H3. The minimum Gasteiger partial charge on any atom is -0.313 e. The van der Waals surface area contributed by atoms with Crippen molar-refractivity contribution in [3.05, 3.63) is 40.7 Å². The summed E-state index contributed by atoms with van der Waals surface area (Å²) in [6.45, 7) is 7.36. The van der Waals surface area contributed by atoms with Gasteiger partial charge in [0.05, 0.1) is 7.05 Å². The Labute approximate surface area is 120 Å². The molecule has 0 fully saturated rings. The second-order valence-electron chi connectivity index (χ2n) is 5.29. The Bertz CT molecular complexity index is 561. The summed E-state index contributed by atoms with van der Waals surface area (Å²) in [5.74, 6) is 0.795. The first kappa shape index (κ1) is 14.7. The molecule has 0 radical (unpaired) electrons. The summed E-state index contributed by atoms with van der Waals surface area (Å²) < 4.78 is 0. The van der Waals surface area contributed by atoms with Gasteiger partial charge in [-0.05, 0) is 43.2 Å². The predicted molar refractivity (Wildman–Crippen MR) is 79.6 cm³/mol. The van der Waals surface area contributed by atoms with Gasteiger partial charge in [0.15, 0.2) is 5.82 Å². The number of hydrogen-bond donors (Lipinski definition) is 1. The highest BCUT2D eigenvalue weighted by atomic mass is 15.6. The molecule has 1 heterocycles. The molecule has 1 unspecified atom stereocenters. The van der Waals surface area contributed by atoms with Crippen molar-refractivity contribution in [2.24, 2.45) is 7.05 Å². The Balaban J connectivity index is 2.10. The van der Waals surface area contributed by atoms with E-state index in [0.29, 0.717) is 6.04 Å². The molecule has 20 heavy (non-hydrogen) atoms. The van der Waals surface area contributed by atoms with Gasteiger partial charge in [0, 0.05) is 12.5 Å². The fourth-order valence-electron chi connectivity index (χ4n) is 2.42. The molecular formula is C15H23N5. The van der Waals surface area contributed by atoms with Gasteiger partial charge in [-0.25, -0.2) is 0 Å². The zero-order valence-electron chi connectivity index (χ0n) is 12.7. The molecule has 0 amide bonds. The lowest BCUT2D eigenvalue weighted by atomic mass is 9.97. The first-order valence-corrected chi connectivity index (χ1v) is 7.11. The molecule has 2 aromatic rings. The average molecular weight is 273 g/mol. The lowest BCUT2D eigenvalue weighted by Gasteiger charge is -2.18. The van der Waals surface area contributed by atoms with Crippen LogP contribution in [0.15, 0.2) is 18.2 Å². The van der Waals surface area contributed by atoms with E-state index in [1.807, 2.05) is 0 Å². The first-order chi connectivity index (χ1) is 9.58. The lowest BCUT2D eigenvalue weighted by Crippen LogP contribution is -2.33. The monoisotopic (exact) mass is 273 g/mol. The van der Waals surface area contributed by atoms with Gasteiger partial charge in [-0.15, -0.1) is 10.2 Å². The molecule has 108 valence electrons. The Morgan fingerprint density at radius 2 is 2.05 bits per heavy atom. The first-order valence-electron chi connectivity index (χ1n) is 7.11. The third kappa shape index (κ3) is 3.87. The van der Waals surface area contributed by atoms with Gasteiger partial charge < -0.3 is 5.32 Å². The van der Waals surface area contributed by atoms with Crippen molar-refractivity contribution in [3.8, 4) is 0 Å². The topological polar surface area (TPSA) is 55.6 Å². The zero-order chi connectivity index (χ0) is 14.5. The minimum absolute atomic E-state index is 0.338. The number of aromatic nitrogens is 4. The molecule has 1 N–H and O–H groups in total. The van der Waals surface area contributed by atoms with E-state index in [-0.39, 0.29) is 0 Å². The number of tetrazole rings is 1. The van der Waals surface area contributed by atoms with Gasteiger partial charge in [0.2, 0.25) is 0 Å². The van der Waals surface area contributed by atoms with Crippen LogP contribution in [0.5, 0.6) is 0 Å². The van der Waals surface area contributed by atoms with Gasteiger partial charge >= 0.3 is 0 Å². The van der Waals surface area contributed by atoms with Crippen LogP contribution in [-0.2, 0) is 19.9 Å². The van der Waals surface area contributed by atoms with Crippen LogP contribution in [0, 0.1) is 13.8 Å². The van der Waals surface area contributed by atoms with Gasteiger partial charge in [-0.2, -0.15) is 4.80 Å². The van der Waals surface area contributed by atoms with Crippen molar-refractivity contribution in [1.82, 2.24) is 25.5 Å². The summed E-state index contributed by atoms with van der Waals surface area (Å²) in [5.41, 5.74) is 4.03. The van der Waals surface area contributed by atoms with E-state index in [1.54, 1.807) is 7.05 Å². The number of aryl methyl sites for hydroxylation is 3. The number of likely N-dealkylation sites (N-methyl/N-ethyl adjacent to an activating group) is 1. The largest absolute Gasteiger partial charge is 0.313 e. The van der Waals surface area contributed by atoms with E-state index in [9.17, 15) is 0 Å². The highest BCUT2D eigenvalue weighted by Crippen LogP contribution is 2.14. The molecule has 5 heteroatoms. The number of nitrogens with zero attached hydrogens (tertiary/aromatic N) is 4. The summed E-state index contributed by atoms with van der Waals surface area (Å²) in [6.07, 6.45) is 1.79. The fraction of sp³-hybridized carbons (Fsp3) is 0.533. The van der Waals surface area contributed by atoms with Gasteiger partial charge in [0.25, 0.3) is 0 Å². The highest BCUT2D eigenvalue weighted by Gasteiger charge is 2.14. The molecule has 1 atom stereocenters. The third-order valence-corrected chi connectivity index (χ3v) is 3.44. The van der Waals surface area contributed by atoms with Crippen molar-refractivity contribution < 1.29 is 0 Å². The average Bonchev–Trinajstić information content (AvgIpc) is 2.79. The van der Waals surface area contributed by atoms with Crippen LogP contribution in [0.4, 0.5) is 0 Å². The molecule has 0 aliphatic heterocycles. The Morgan fingerprint density at radius 1 is 1.25 bits per heavy atom. The van der Waals surface area contributed by atoms with E-state index < -0.39 is 0 Å². The summed E-state index contributed by atoms with van der Waals surface area (Å²) in [5, 5.41) is 15.8. The Kier molecular flexibility index (Phi) is 4.84. The number of hydrogen-bond acceptors (Lipinski definition) is 4. The smallest absolute Gasteiger partial charge is 0.176 e. The molecule has 1 aromatic carbocycles. The maximum atomic E-state index is 4.27. The van der Waals surface area contributed by atoms with Crippen molar-refractivity contribution in [1.29, 1.82) is 0 Å². The van der Waals surface area contributed by atoms with Crippen molar-refractivity contribution in [2.75, 3.05) is 6.54 Å². The molecular weight excluding hydrogens is 250 g/mol. The number of nitrogens with one attached hydrogen (secondary N) is 1.